The van der Waals surface area contributed by atoms with E-state index in [0.29, 0.717) is 6.42 Å². The Morgan fingerprint density at radius 3 is 1.83 bits per heavy atom. The molecule has 23 heavy (non-hydrogen) atoms. The smallest absolute Gasteiger partial charge is 0.338 e. The van der Waals surface area contributed by atoms with E-state index in [1.807, 2.05) is 12.2 Å². The fraction of sp³-hybridized carbons (Fsp3) is 0.550. The number of alkyl halides is 1. The van der Waals surface area contributed by atoms with Gasteiger partial charge in [-0.2, -0.15) is 0 Å². The highest BCUT2D eigenvalue weighted by molar-refractivity contribution is 5.71. The summed E-state index contributed by atoms with van der Waals surface area (Å²) in [6.07, 6.45) is 23.3. The fourth-order valence-electron chi connectivity index (χ4n) is 1.93. The Labute approximate surface area is 140 Å². The number of aliphatic carboxylic acids is 1. The van der Waals surface area contributed by atoms with Gasteiger partial charge in [0.1, 0.15) is 0 Å². The minimum absolute atomic E-state index is 0.0459. The molecule has 0 saturated carbocycles. The molecule has 0 aromatic rings. The second-order valence-electron chi connectivity index (χ2n) is 5.47. The molecule has 0 heterocycles. The summed E-state index contributed by atoms with van der Waals surface area (Å²) in [5.74, 6) is -1.37. The van der Waals surface area contributed by atoms with E-state index in [0.717, 1.165) is 19.3 Å². The molecule has 0 saturated heterocycles. The van der Waals surface area contributed by atoms with E-state index < -0.39 is 12.1 Å². The molecule has 2 nitrogen and oxygen atoms in total. The molecule has 0 aliphatic heterocycles. The summed E-state index contributed by atoms with van der Waals surface area (Å²) < 4.78 is 12.7. The molecule has 130 valence electrons. The lowest BCUT2D eigenvalue weighted by atomic mass is 10.2. The predicted octanol–water partition coefficient (Wildman–Crippen LogP) is 6.16. The van der Waals surface area contributed by atoms with E-state index in [-0.39, 0.29) is 6.42 Å². The molecule has 0 amide bonds. The van der Waals surface area contributed by atoms with Crippen LogP contribution in [0.25, 0.3) is 0 Å². The van der Waals surface area contributed by atoms with Gasteiger partial charge in [0.15, 0.2) is 6.17 Å². The van der Waals surface area contributed by atoms with Gasteiger partial charge in [0.05, 0.1) is 0 Å². The minimum atomic E-state index is -1.75. The topological polar surface area (TPSA) is 37.3 Å². The Kier molecular flexibility index (Phi) is 15.5. The van der Waals surface area contributed by atoms with E-state index >= 15 is 0 Å². The summed E-state index contributed by atoms with van der Waals surface area (Å²) in [6, 6.07) is 0. The highest BCUT2D eigenvalue weighted by atomic mass is 19.1. The summed E-state index contributed by atoms with van der Waals surface area (Å²) in [5, 5.41) is 8.39. The average molecular weight is 322 g/mol. The molecule has 0 rings (SSSR count). The summed E-state index contributed by atoms with van der Waals surface area (Å²) in [5.41, 5.74) is 0. The van der Waals surface area contributed by atoms with Gasteiger partial charge in [0.2, 0.25) is 0 Å². The van der Waals surface area contributed by atoms with Crippen molar-refractivity contribution < 1.29 is 14.3 Å². The second kappa shape index (κ2) is 16.7. The number of halogens is 1. The first kappa shape index (κ1) is 21.4. The number of hydrogen-bond acceptors (Lipinski definition) is 1. The lowest BCUT2D eigenvalue weighted by Crippen LogP contribution is -2.13. The fourth-order valence-corrected chi connectivity index (χ4v) is 1.93. The molecule has 1 unspecified atom stereocenters. The minimum Gasteiger partial charge on any atom is -0.479 e. The van der Waals surface area contributed by atoms with E-state index in [2.05, 4.69) is 43.4 Å². The van der Waals surface area contributed by atoms with Gasteiger partial charge >= 0.3 is 5.97 Å². The van der Waals surface area contributed by atoms with Crippen molar-refractivity contribution in [3.8, 4) is 0 Å². The Bertz CT molecular complexity index is 394. The summed E-state index contributed by atoms with van der Waals surface area (Å²) in [7, 11) is 0. The summed E-state index contributed by atoms with van der Waals surface area (Å²) in [6.45, 7) is 2.22. The van der Waals surface area contributed by atoms with E-state index in [4.69, 9.17) is 5.11 Å². The maximum Gasteiger partial charge on any atom is 0.338 e. The molecular formula is C20H31FO2. The summed E-state index contributed by atoms with van der Waals surface area (Å²) in [4.78, 5) is 10.3. The molecule has 0 fully saturated rings. The van der Waals surface area contributed by atoms with Crippen molar-refractivity contribution in [3.63, 3.8) is 0 Å². The maximum atomic E-state index is 12.7. The van der Waals surface area contributed by atoms with Crippen molar-refractivity contribution in [2.24, 2.45) is 0 Å². The standard InChI is InChI=1S/C20H31FO2/c1-2-3-4-5-6-7-8-9-10-11-12-13-14-15-16-17-18-19(21)20(22)23/h6-7,9-10,12-13,15-16,19H,2-5,8,11,14,17-18H2,1H3,(H,22,23)/b7-6-,10-9-,13-12-,16-15-. The predicted molar refractivity (Wildman–Crippen MR) is 96.3 cm³/mol. The van der Waals surface area contributed by atoms with Crippen LogP contribution in [0.5, 0.6) is 0 Å². The highest BCUT2D eigenvalue weighted by Gasteiger charge is 2.13. The first-order valence-electron chi connectivity index (χ1n) is 8.65. The van der Waals surface area contributed by atoms with Crippen LogP contribution in [-0.2, 0) is 4.79 Å². The zero-order chi connectivity index (χ0) is 17.2. The van der Waals surface area contributed by atoms with Crippen molar-refractivity contribution in [2.75, 3.05) is 0 Å². The van der Waals surface area contributed by atoms with Gasteiger partial charge in [-0.3, -0.25) is 0 Å². The number of allylic oxidation sites excluding steroid dienone is 8. The third-order valence-corrected chi connectivity index (χ3v) is 3.31. The molecule has 1 N–H and O–H groups in total. The van der Waals surface area contributed by atoms with Gasteiger partial charge in [0.25, 0.3) is 0 Å². The monoisotopic (exact) mass is 322 g/mol. The number of rotatable bonds is 14. The third-order valence-electron chi connectivity index (χ3n) is 3.31. The number of carboxylic acid groups (broad SMARTS) is 1. The molecule has 0 bridgehead atoms. The van der Waals surface area contributed by atoms with Crippen LogP contribution in [0.15, 0.2) is 48.6 Å². The maximum absolute atomic E-state index is 12.7. The van der Waals surface area contributed by atoms with Crippen LogP contribution in [0.2, 0.25) is 0 Å². The first-order chi connectivity index (χ1) is 11.2. The Morgan fingerprint density at radius 1 is 0.870 bits per heavy atom. The van der Waals surface area contributed by atoms with Crippen LogP contribution >= 0.6 is 0 Å². The lowest BCUT2D eigenvalue weighted by Gasteiger charge is -1.97. The second-order valence-corrected chi connectivity index (χ2v) is 5.47. The number of unbranched alkanes of at least 4 members (excludes halogenated alkanes) is 3. The van der Waals surface area contributed by atoms with Gasteiger partial charge < -0.3 is 5.11 Å². The van der Waals surface area contributed by atoms with Crippen molar-refractivity contribution in [2.45, 2.75) is 70.9 Å². The molecule has 0 aliphatic rings. The molecule has 0 spiro atoms. The Balaban J connectivity index is 3.49. The quantitative estimate of drug-likeness (QED) is 0.307. The van der Waals surface area contributed by atoms with E-state index in [1.54, 1.807) is 0 Å². The van der Waals surface area contributed by atoms with Crippen LogP contribution in [0.1, 0.15) is 64.7 Å². The average Bonchev–Trinajstić information content (AvgIpc) is 2.54. The largest absolute Gasteiger partial charge is 0.479 e. The normalized spacial score (nSPS) is 13.8. The zero-order valence-electron chi connectivity index (χ0n) is 14.3. The number of carbonyl (C=O) groups is 1. The molecule has 0 radical (unpaired) electrons. The van der Waals surface area contributed by atoms with E-state index in [9.17, 15) is 9.18 Å². The van der Waals surface area contributed by atoms with Crippen LogP contribution in [0.4, 0.5) is 4.39 Å². The third kappa shape index (κ3) is 16.6. The van der Waals surface area contributed by atoms with Crippen molar-refractivity contribution in [3.05, 3.63) is 48.6 Å². The SMILES string of the molecule is CCCCC/C=C\C/C=C\C/C=C\C/C=C\CCC(F)C(=O)O. The summed E-state index contributed by atoms with van der Waals surface area (Å²) >= 11 is 0. The van der Waals surface area contributed by atoms with E-state index in [1.165, 1.54) is 25.7 Å². The molecular weight excluding hydrogens is 291 g/mol. The van der Waals surface area contributed by atoms with Crippen molar-refractivity contribution in [1.29, 1.82) is 0 Å². The van der Waals surface area contributed by atoms with Crippen LogP contribution < -0.4 is 0 Å². The molecule has 3 heteroatoms. The molecule has 0 aromatic carbocycles. The highest BCUT2D eigenvalue weighted by Crippen LogP contribution is 2.04. The molecule has 1 atom stereocenters. The molecule has 0 aliphatic carbocycles. The Morgan fingerprint density at radius 2 is 1.35 bits per heavy atom. The van der Waals surface area contributed by atoms with Crippen molar-refractivity contribution in [1.82, 2.24) is 0 Å². The Hall–Kier alpha value is -1.64. The van der Waals surface area contributed by atoms with Gasteiger partial charge in [-0.25, -0.2) is 9.18 Å². The van der Waals surface area contributed by atoms with Gasteiger partial charge in [0, 0.05) is 0 Å². The van der Waals surface area contributed by atoms with Crippen LogP contribution in [0, 0.1) is 0 Å². The van der Waals surface area contributed by atoms with Gasteiger partial charge in [-0.15, -0.1) is 0 Å². The van der Waals surface area contributed by atoms with Crippen LogP contribution in [-0.4, -0.2) is 17.2 Å². The van der Waals surface area contributed by atoms with Crippen LogP contribution in [0.3, 0.4) is 0 Å². The van der Waals surface area contributed by atoms with Gasteiger partial charge in [-0.05, 0) is 44.9 Å². The number of carboxylic acids is 1. The van der Waals surface area contributed by atoms with Gasteiger partial charge in [-0.1, -0.05) is 68.4 Å². The molecule has 0 aromatic heterocycles. The van der Waals surface area contributed by atoms with Crippen molar-refractivity contribution >= 4 is 5.97 Å². The first-order valence-corrected chi connectivity index (χ1v) is 8.65. The zero-order valence-corrected chi connectivity index (χ0v) is 14.3. The lowest BCUT2D eigenvalue weighted by molar-refractivity contribution is -0.142. The number of hydrogen-bond donors (Lipinski definition) is 1.